The number of nitrogens with one attached hydrogen (secondary N) is 1. The third kappa shape index (κ3) is 2.59. The molecule has 0 spiro atoms. The van der Waals surface area contributed by atoms with Crippen LogP contribution < -0.4 is 10.1 Å². The van der Waals surface area contributed by atoms with E-state index in [1.54, 1.807) is 0 Å². The fraction of sp³-hybridized carbons (Fsp3) is 0.533. The maximum Gasteiger partial charge on any atom is 0.228 e. The first-order valence-corrected chi connectivity index (χ1v) is 6.94. The summed E-state index contributed by atoms with van der Waals surface area (Å²) in [6, 6.07) is 6.37. The first-order chi connectivity index (χ1) is 9.24. The van der Waals surface area contributed by atoms with E-state index >= 15 is 0 Å². The van der Waals surface area contributed by atoms with Crippen molar-refractivity contribution in [3.63, 3.8) is 0 Å². The minimum Gasteiger partial charge on any atom is -0.493 e. The van der Waals surface area contributed by atoms with Crippen LogP contribution in [0, 0.1) is 5.92 Å². The van der Waals surface area contributed by atoms with Crippen LogP contribution in [0.3, 0.4) is 0 Å². The van der Waals surface area contributed by atoms with Gasteiger partial charge in [-0.15, -0.1) is 0 Å². The zero-order chi connectivity index (χ0) is 13.2. The van der Waals surface area contributed by atoms with E-state index in [9.17, 15) is 4.79 Å². The maximum atomic E-state index is 12.0. The maximum absolute atomic E-state index is 12.0. The van der Waals surface area contributed by atoms with Crippen LogP contribution in [0.1, 0.15) is 11.1 Å². The Kier molecular flexibility index (Phi) is 3.42. The Labute approximate surface area is 113 Å². The van der Waals surface area contributed by atoms with Crippen LogP contribution in [-0.2, 0) is 17.6 Å². The van der Waals surface area contributed by atoms with E-state index in [1.165, 1.54) is 11.1 Å². The highest BCUT2D eigenvalue weighted by Gasteiger charge is 2.27. The quantitative estimate of drug-likeness (QED) is 0.872. The molecule has 2 heterocycles. The average Bonchev–Trinajstić information content (AvgIpc) is 2.80. The van der Waals surface area contributed by atoms with Gasteiger partial charge in [-0.2, -0.15) is 0 Å². The molecule has 1 amide bonds. The Balaban J connectivity index is 1.55. The van der Waals surface area contributed by atoms with E-state index in [0.717, 1.165) is 44.8 Å². The van der Waals surface area contributed by atoms with Crippen molar-refractivity contribution in [3.8, 4) is 5.75 Å². The van der Waals surface area contributed by atoms with E-state index in [1.807, 2.05) is 11.9 Å². The highest BCUT2D eigenvalue weighted by Crippen LogP contribution is 2.26. The van der Waals surface area contributed by atoms with E-state index < -0.39 is 0 Å². The van der Waals surface area contributed by atoms with Crippen molar-refractivity contribution in [1.29, 1.82) is 0 Å². The van der Waals surface area contributed by atoms with Gasteiger partial charge in [-0.05, 0) is 23.6 Å². The third-order valence-electron chi connectivity index (χ3n) is 4.00. The minimum absolute atomic E-state index is 0.193. The van der Waals surface area contributed by atoms with Crippen LogP contribution in [0.4, 0.5) is 0 Å². The Hall–Kier alpha value is -1.55. The van der Waals surface area contributed by atoms with E-state index in [2.05, 4.69) is 23.5 Å². The molecule has 0 aliphatic carbocycles. The SMILES string of the molecule is CN(CCc1ccc2c(c1)CCO2)C(=O)C1CNC1. The van der Waals surface area contributed by atoms with Crippen molar-refractivity contribution in [1.82, 2.24) is 10.2 Å². The molecule has 2 aliphatic rings. The Bertz CT molecular complexity index is 483. The van der Waals surface area contributed by atoms with Crippen LogP contribution in [0.25, 0.3) is 0 Å². The topological polar surface area (TPSA) is 41.6 Å². The molecule has 1 saturated heterocycles. The molecule has 1 N–H and O–H groups in total. The second-order valence-corrected chi connectivity index (χ2v) is 5.41. The van der Waals surface area contributed by atoms with Crippen molar-refractivity contribution in [2.24, 2.45) is 5.92 Å². The lowest BCUT2D eigenvalue weighted by molar-refractivity contribution is -0.135. The molecule has 0 aromatic heterocycles. The largest absolute Gasteiger partial charge is 0.493 e. The molecule has 4 nitrogen and oxygen atoms in total. The van der Waals surface area contributed by atoms with Crippen molar-refractivity contribution in [3.05, 3.63) is 29.3 Å². The zero-order valence-corrected chi connectivity index (χ0v) is 11.3. The normalized spacial score (nSPS) is 17.5. The summed E-state index contributed by atoms with van der Waals surface area (Å²) >= 11 is 0. The molecule has 0 bridgehead atoms. The number of amides is 1. The van der Waals surface area contributed by atoms with Crippen LogP contribution >= 0.6 is 0 Å². The van der Waals surface area contributed by atoms with Gasteiger partial charge in [0, 0.05) is 33.1 Å². The van der Waals surface area contributed by atoms with Gasteiger partial charge in [0.15, 0.2) is 0 Å². The van der Waals surface area contributed by atoms with Crippen LogP contribution in [-0.4, -0.2) is 44.1 Å². The van der Waals surface area contributed by atoms with Gasteiger partial charge < -0.3 is 15.0 Å². The molecule has 1 aromatic rings. The molecule has 102 valence electrons. The number of benzene rings is 1. The number of nitrogens with zero attached hydrogens (tertiary/aromatic N) is 1. The summed E-state index contributed by atoms with van der Waals surface area (Å²) in [6.07, 6.45) is 1.92. The lowest BCUT2D eigenvalue weighted by Crippen LogP contribution is -2.51. The number of hydrogen-bond acceptors (Lipinski definition) is 3. The van der Waals surface area contributed by atoms with Gasteiger partial charge in [0.1, 0.15) is 5.75 Å². The van der Waals surface area contributed by atoms with Crippen molar-refractivity contribution in [2.45, 2.75) is 12.8 Å². The molecule has 1 fully saturated rings. The second-order valence-electron chi connectivity index (χ2n) is 5.41. The number of likely N-dealkylation sites (N-methyl/N-ethyl adjacent to an activating group) is 1. The molecule has 3 rings (SSSR count). The highest BCUT2D eigenvalue weighted by molar-refractivity contribution is 5.79. The average molecular weight is 260 g/mol. The highest BCUT2D eigenvalue weighted by atomic mass is 16.5. The summed E-state index contributed by atoms with van der Waals surface area (Å²) in [7, 11) is 1.90. The van der Waals surface area contributed by atoms with Gasteiger partial charge in [-0.3, -0.25) is 4.79 Å². The molecule has 0 unspecified atom stereocenters. The third-order valence-corrected chi connectivity index (χ3v) is 4.00. The van der Waals surface area contributed by atoms with E-state index in [4.69, 9.17) is 4.74 Å². The van der Waals surface area contributed by atoms with Gasteiger partial charge in [-0.25, -0.2) is 0 Å². The summed E-state index contributed by atoms with van der Waals surface area (Å²) in [5, 5.41) is 3.14. The molecule has 2 aliphatic heterocycles. The summed E-state index contributed by atoms with van der Waals surface area (Å²) in [6.45, 7) is 3.25. The summed E-state index contributed by atoms with van der Waals surface area (Å²) in [4.78, 5) is 13.9. The molecular formula is C15H20N2O2. The molecule has 1 aromatic carbocycles. The molecule has 4 heteroatoms. The first-order valence-electron chi connectivity index (χ1n) is 6.94. The number of ether oxygens (including phenoxy) is 1. The zero-order valence-electron chi connectivity index (χ0n) is 11.3. The molecule has 0 saturated carbocycles. The molecule has 0 radical (unpaired) electrons. The minimum atomic E-state index is 0.193. The smallest absolute Gasteiger partial charge is 0.228 e. The standard InChI is InChI=1S/C15H20N2O2/c1-17(15(18)13-9-16-10-13)6-4-11-2-3-14-12(8-11)5-7-19-14/h2-3,8,13,16H,4-7,9-10H2,1H3. The molecular weight excluding hydrogens is 240 g/mol. The predicted molar refractivity (Wildman–Crippen MR) is 73.3 cm³/mol. The Morgan fingerprint density at radius 3 is 3.05 bits per heavy atom. The lowest BCUT2D eigenvalue weighted by Gasteiger charge is -2.30. The number of hydrogen-bond donors (Lipinski definition) is 1. The number of rotatable bonds is 4. The van der Waals surface area contributed by atoms with Crippen molar-refractivity contribution >= 4 is 5.91 Å². The Morgan fingerprint density at radius 2 is 2.32 bits per heavy atom. The summed E-state index contributed by atoms with van der Waals surface area (Å²) in [5.74, 6) is 1.48. The van der Waals surface area contributed by atoms with Gasteiger partial charge in [0.2, 0.25) is 5.91 Å². The second kappa shape index (κ2) is 5.21. The van der Waals surface area contributed by atoms with Gasteiger partial charge in [0.05, 0.1) is 12.5 Å². The fourth-order valence-corrected chi connectivity index (χ4v) is 2.58. The fourth-order valence-electron chi connectivity index (χ4n) is 2.58. The monoisotopic (exact) mass is 260 g/mol. The number of carbonyl (C=O) groups is 1. The van der Waals surface area contributed by atoms with E-state index in [0.29, 0.717) is 0 Å². The summed E-state index contributed by atoms with van der Waals surface area (Å²) in [5.41, 5.74) is 2.59. The van der Waals surface area contributed by atoms with Crippen molar-refractivity contribution in [2.75, 3.05) is 33.3 Å². The summed E-state index contributed by atoms with van der Waals surface area (Å²) < 4.78 is 5.50. The Morgan fingerprint density at radius 1 is 1.47 bits per heavy atom. The van der Waals surface area contributed by atoms with Crippen LogP contribution in [0.15, 0.2) is 18.2 Å². The first kappa shape index (κ1) is 12.5. The van der Waals surface area contributed by atoms with Crippen molar-refractivity contribution < 1.29 is 9.53 Å². The van der Waals surface area contributed by atoms with Gasteiger partial charge in [0.25, 0.3) is 0 Å². The van der Waals surface area contributed by atoms with Crippen LogP contribution in [0.5, 0.6) is 5.75 Å². The van der Waals surface area contributed by atoms with E-state index in [-0.39, 0.29) is 11.8 Å². The lowest BCUT2D eigenvalue weighted by atomic mass is 10.0. The molecule has 0 atom stereocenters. The number of carbonyl (C=O) groups excluding carboxylic acids is 1. The van der Waals surface area contributed by atoms with Gasteiger partial charge in [-0.1, -0.05) is 12.1 Å². The molecule has 19 heavy (non-hydrogen) atoms. The van der Waals surface area contributed by atoms with Crippen LogP contribution in [0.2, 0.25) is 0 Å². The predicted octanol–water partition coefficient (Wildman–Crippen LogP) is 0.842. The number of fused-ring (bicyclic) bond motifs is 1. The van der Waals surface area contributed by atoms with Gasteiger partial charge >= 0.3 is 0 Å².